The van der Waals surface area contributed by atoms with E-state index in [1.54, 1.807) is 93.9 Å². The van der Waals surface area contributed by atoms with E-state index in [1.165, 1.54) is 30.6 Å². The number of nitrogens with one attached hydrogen (secondary N) is 4. The van der Waals surface area contributed by atoms with Gasteiger partial charge in [0.1, 0.15) is 23.3 Å². The predicted molar refractivity (Wildman–Crippen MR) is 509 cm³/mol. The maximum absolute atomic E-state index is 11.2. The molecule has 0 radical (unpaired) electrons. The molecule has 0 saturated heterocycles. The molecule has 8 heterocycles. The molecule has 14 rings (SSSR count). The molecule has 24 heteroatoms. The molecule has 0 bridgehead atoms. The summed E-state index contributed by atoms with van der Waals surface area (Å²) in [6.07, 6.45) is 20.4. The zero-order valence-corrected chi connectivity index (χ0v) is 73.9. The number of aliphatic carboxylic acids is 2. The van der Waals surface area contributed by atoms with Crippen LogP contribution in [0.1, 0.15) is 149 Å². The van der Waals surface area contributed by atoms with Gasteiger partial charge in [0, 0.05) is 87.3 Å². The van der Waals surface area contributed by atoms with Gasteiger partial charge in [0.2, 0.25) is 0 Å². The second-order valence-electron chi connectivity index (χ2n) is 28.7. The normalized spacial score (nSPS) is 10.9. The van der Waals surface area contributed by atoms with Gasteiger partial charge in [-0.15, -0.1) is 58.5 Å². The number of carbonyl (C=O) groups is 4. The number of aryl methyl sites for hydroxylation is 8. The Bertz CT molecular complexity index is 6040. The highest BCUT2D eigenvalue weighted by Gasteiger charge is 2.21. The first-order valence-electron chi connectivity index (χ1n) is 41.0. The fourth-order valence-corrected chi connectivity index (χ4v) is 17.2. The van der Waals surface area contributed by atoms with Gasteiger partial charge < -0.3 is 41.7 Å². The lowest BCUT2D eigenvalue weighted by molar-refractivity contribution is -0.137. The summed E-state index contributed by atoms with van der Waals surface area (Å²) in [7, 11) is 0. The van der Waals surface area contributed by atoms with E-state index in [4.69, 9.17) is 60.3 Å². The third kappa shape index (κ3) is 25.8. The number of hydrogen-bond donors (Lipinski definition) is 8. The van der Waals surface area contributed by atoms with Crippen molar-refractivity contribution in [2.45, 2.75) is 132 Å². The minimum Gasteiger partial charge on any atom is -0.481 e. The Balaban J connectivity index is 0.000000161. The summed E-state index contributed by atoms with van der Waals surface area (Å²) >= 11 is 6.77. The van der Waals surface area contributed by atoms with Crippen molar-refractivity contribution >= 4 is 127 Å². The molecule has 0 amide bonds. The number of aromatic carboxylic acids is 2. The minimum atomic E-state index is -0.949. The molecule has 0 unspecified atom stereocenters. The van der Waals surface area contributed by atoms with E-state index in [-0.39, 0.29) is 24.0 Å². The third-order valence-corrected chi connectivity index (χ3v) is 24.1. The Morgan fingerprint density at radius 1 is 0.347 bits per heavy atom. The van der Waals surface area contributed by atoms with E-state index >= 15 is 0 Å². The molecule has 8 aromatic heterocycles. The average Bonchev–Trinajstić information content (AvgIpc) is 1.34. The van der Waals surface area contributed by atoms with Crippen LogP contribution in [0.5, 0.6) is 0 Å². The number of carboxylic acids is 4. The summed E-state index contributed by atoms with van der Waals surface area (Å²) in [4.78, 5) is 91.6. The molecule has 0 saturated carbocycles. The van der Waals surface area contributed by atoms with E-state index in [9.17, 15) is 19.2 Å². The number of hydrogen-bond acceptors (Lipinski definition) is 20. The summed E-state index contributed by atoms with van der Waals surface area (Å²) in [5.41, 5.74) is 16.0. The van der Waals surface area contributed by atoms with Gasteiger partial charge in [-0.05, 0) is 248 Å². The van der Waals surface area contributed by atoms with Crippen LogP contribution in [0.3, 0.4) is 0 Å². The van der Waals surface area contributed by atoms with Crippen LogP contribution < -0.4 is 21.3 Å². The maximum atomic E-state index is 11.2. The molecule has 0 aliphatic heterocycles. The van der Waals surface area contributed by atoms with E-state index in [1.807, 2.05) is 119 Å². The molecule has 20 nitrogen and oxygen atoms in total. The molecule has 6 aromatic carbocycles. The highest BCUT2D eigenvalue weighted by molar-refractivity contribution is 7.17. The molecular weight excluding hydrogens is 1630 g/mol. The van der Waals surface area contributed by atoms with Crippen molar-refractivity contribution in [3.05, 3.63) is 342 Å². The summed E-state index contributed by atoms with van der Waals surface area (Å²) in [6.45, 7) is 24.1. The summed E-state index contributed by atoms with van der Waals surface area (Å²) in [5.74, 6) is 2.28. The fraction of sp³-hybridized carbons (Fsp3) is 0.200. The predicted octanol–water partition coefficient (Wildman–Crippen LogP) is 24.4. The number of benzene rings is 6. The first-order chi connectivity index (χ1) is 60.1. The molecule has 124 heavy (non-hydrogen) atoms. The van der Waals surface area contributed by atoms with Crippen molar-refractivity contribution in [3.63, 3.8) is 0 Å². The molecule has 0 fully saturated rings. The van der Waals surface area contributed by atoms with Gasteiger partial charge in [-0.2, -0.15) is 0 Å². The van der Waals surface area contributed by atoms with E-state index in [2.05, 4.69) is 165 Å². The van der Waals surface area contributed by atoms with Crippen LogP contribution >= 0.6 is 45.3 Å². The molecule has 632 valence electrons. The Hall–Kier alpha value is -13.5. The van der Waals surface area contributed by atoms with Crippen molar-refractivity contribution in [1.29, 1.82) is 0 Å². The van der Waals surface area contributed by atoms with Crippen molar-refractivity contribution in [2.75, 3.05) is 21.3 Å². The second kappa shape index (κ2) is 45.4. The first kappa shape index (κ1) is 91.2. The van der Waals surface area contributed by atoms with E-state index in [0.29, 0.717) is 36.1 Å². The topological polar surface area (TPSA) is 300 Å². The Kier molecular flexibility index (Phi) is 33.4. The van der Waals surface area contributed by atoms with Crippen LogP contribution in [0, 0.1) is 13.8 Å². The SMILES string of the molecule is C/C=C\c1ccc(-c2nc(C)c(CC)c(Nc3ccc(CC(=O)O)cc3)n2)s1.C/C=C\c1ccc(-c2nc(CC)c(CC)c(Nc3ccc(CC(=O)O)cc3)n2)s1.C=CCc1c(C)nc(-c2ccc(CCc3ccccc3)s2)nc1Nc1ccc(C(=O)O)cc1.C=CCc1c(CC)nc(-c2ccc(CCc3ccccc3)s2)nc1Nc1ccc(C(=O)O)cc1. The van der Waals surface area contributed by atoms with Crippen LogP contribution in [-0.2, 0) is 86.6 Å². The van der Waals surface area contributed by atoms with E-state index in [0.717, 1.165) is 173 Å². The lowest BCUT2D eigenvalue weighted by Crippen LogP contribution is -2.07. The molecule has 8 N–H and O–H groups in total. The molecular formula is C100H100N12O8S4. The number of carboxylic acid groups (broad SMARTS) is 4. The summed E-state index contributed by atoms with van der Waals surface area (Å²) in [5, 5.41) is 49.6. The van der Waals surface area contributed by atoms with Gasteiger partial charge >= 0.3 is 23.9 Å². The van der Waals surface area contributed by atoms with Gasteiger partial charge in [0.15, 0.2) is 23.3 Å². The lowest BCUT2D eigenvalue weighted by Gasteiger charge is -2.15. The monoisotopic (exact) mass is 1720 g/mol. The summed E-state index contributed by atoms with van der Waals surface area (Å²) < 4.78 is 0. The third-order valence-electron chi connectivity index (χ3n) is 19.7. The van der Waals surface area contributed by atoms with Crippen LogP contribution in [0.2, 0.25) is 0 Å². The van der Waals surface area contributed by atoms with Crippen LogP contribution in [0.15, 0.2) is 244 Å². The molecule has 0 aliphatic rings. The Labute approximate surface area is 739 Å². The first-order valence-corrected chi connectivity index (χ1v) is 44.2. The van der Waals surface area contributed by atoms with Crippen molar-refractivity contribution in [2.24, 2.45) is 0 Å². The fourth-order valence-electron chi connectivity index (χ4n) is 13.5. The zero-order valence-electron chi connectivity index (χ0n) is 70.6. The van der Waals surface area contributed by atoms with Crippen LogP contribution in [0.25, 0.3) is 55.0 Å². The average molecular weight is 1730 g/mol. The van der Waals surface area contributed by atoms with Gasteiger partial charge in [0.25, 0.3) is 0 Å². The number of rotatable bonds is 34. The number of nitrogens with zero attached hydrogens (tertiary/aromatic N) is 8. The molecule has 0 atom stereocenters. The number of anilines is 8. The quantitative estimate of drug-likeness (QED) is 0.0174. The van der Waals surface area contributed by atoms with Gasteiger partial charge in [-0.3, -0.25) is 9.59 Å². The minimum absolute atomic E-state index is 0.0180. The van der Waals surface area contributed by atoms with Gasteiger partial charge in [-0.1, -0.05) is 137 Å². The van der Waals surface area contributed by atoms with Crippen LogP contribution in [-0.4, -0.2) is 84.2 Å². The van der Waals surface area contributed by atoms with Crippen LogP contribution in [0.4, 0.5) is 46.0 Å². The maximum Gasteiger partial charge on any atom is 0.335 e. The standard InChI is InChI=1S/C28H27N3O2S.C27H25N3O2S.C23H25N3O2S.C22H23N3O2S/c1-3-8-23-24(4-2)30-27(31-26(23)29-21-14-12-20(13-15-21)28(32)33)25-18-17-22(34-25)16-11-19-9-6-5-7-10-19;1-3-7-23-18(2)28-26(30-25(23)29-21-13-11-20(12-14-21)27(31)32)24-17-16-22(33-24)15-10-19-8-5-4-6-9-19;1-4-7-17-12-13-20(29-17)23-25-19(6-3)18(5-2)22(26-23)24-16-10-8-15(9-11-16)14-21(27)28;1-4-6-17-11-12-19(28-17)22-23-14(3)18(5-2)21(25-22)24-16-9-7-15(8-10-16)13-20(26)27/h3,5-7,9-10,12-15,17-18H,1,4,8,11,16H2,2H3,(H,32,33)(H,29,30,31);3-6,8-9,11-14,16-17H,1,7,10,15H2,2H3,(H,31,32)(H,28,29,30);4,7-13H,5-6,14H2,1-3H3,(H,27,28)(H,24,25,26);4,6-12H,5,13H2,1-3H3,(H,26,27)(H,23,24,25)/b;;7-4-;6-4-. The number of aromatic nitrogens is 8. The highest BCUT2D eigenvalue weighted by Crippen LogP contribution is 2.37. The largest absolute Gasteiger partial charge is 0.481 e. The van der Waals surface area contributed by atoms with E-state index < -0.39 is 23.9 Å². The molecule has 0 spiro atoms. The Morgan fingerprint density at radius 3 is 1.04 bits per heavy atom. The van der Waals surface area contributed by atoms with Crippen molar-refractivity contribution in [3.8, 4) is 42.8 Å². The molecule has 14 aromatic rings. The van der Waals surface area contributed by atoms with Gasteiger partial charge in [-0.25, -0.2) is 49.5 Å². The highest BCUT2D eigenvalue weighted by atomic mass is 32.1. The van der Waals surface area contributed by atoms with Gasteiger partial charge in [0.05, 0.1) is 43.5 Å². The van der Waals surface area contributed by atoms with Crippen molar-refractivity contribution in [1.82, 2.24) is 39.9 Å². The number of allylic oxidation sites excluding steroid dienone is 4. The number of thiophene rings is 4. The summed E-state index contributed by atoms with van der Waals surface area (Å²) in [6, 6.07) is 65.9. The second-order valence-corrected chi connectivity index (χ2v) is 33.2. The van der Waals surface area contributed by atoms with Crippen molar-refractivity contribution < 1.29 is 39.6 Å². The smallest absolute Gasteiger partial charge is 0.335 e. The zero-order chi connectivity index (χ0) is 88.0. The Morgan fingerprint density at radius 2 is 0.677 bits per heavy atom. The molecule has 0 aliphatic carbocycles. The lowest BCUT2D eigenvalue weighted by atomic mass is 10.1.